The molecule has 1 aliphatic carbocycles. The number of carbonyl (C=O) groups is 1. The molecule has 1 heterocycles. The molecule has 0 aliphatic heterocycles. The molecule has 0 radical (unpaired) electrons. The highest BCUT2D eigenvalue weighted by Crippen LogP contribution is 2.32. The molecular weight excluding hydrogens is 220 g/mol. The molecule has 0 aromatic carbocycles. The smallest absolute Gasteiger partial charge is 0.356 e. The lowest BCUT2D eigenvalue weighted by Crippen LogP contribution is -2.07. The predicted octanol–water partition coefficient (Wildman–Crippen LogP) is 1.56. The van der Waals surface area contributed by atoms with Crippen LogP contribution >= 0.6 is 11.6 Å². The van der Waals surface area contributed by atoms with E-state index in [1.165, 1.54) is 6.07 Å². The monoisotopic (exact) mass is 228 g/mol. The number of nitrogens with zero attached hydrogens (tertiary/aromatic N) is 1. The molecule has 80 valence electrons. The average Bonchev–Trinajstić information content (AvgIpc) is 2.94. The highest BCUT2D eigenvalue weighted by Gasteiger charge is 2.25. The van der Waals surface area contributed by atoms with Gasteiger partial charge in [-0.1, -0.05) is 11.6 Å². The van der Waals surface area contributed by atoms with Crippen LogP contribution in [0.2, 0.25) is 5.15 Å². The van der Waals surface area contributed by atoms with Gasteiger partial charge >= 0.3 is 5.97 Å². The molecule has 0 amide bonds. The third-order valence-electron chi connectivity index (χ3n) is 1.99. The van der Waals surface area contributed by atoms with Crippen LogP contribution in [-0.4, -0.2) is 22.2 Å². The first kappa shape index (κ1) is 10.0. The fourth-order valence-electron chi connectivity index (χ4n) is 1.11. The molecular formula is C9H9ClN2O3. The summed E-state index contributed by atoms with van der Waals surface area (Å²) in [5, 5.41) is 8.77. The van der Waals surface area contributed by atoms with Crippen molar-refractivity contribution in [2.24, 2.45) is 0 Å². The molecule has 2 rings (SSSR count). The first-order valence-electron chi connectivity index (χ1n) is 4.44. The maximum absolute atomic E-state index is 10.7. The number of aromatic carboxylic acids is 1. The van der Waals surface area contributed by atoms with E-state index in [-0.39, 0.29) is 22.6 Å². The summed E-state index contributed by atoms with van der Waals surface area (Å²) in [7, 11) is 0. The van der Waals surface area contributed by atoms with Gasteiger partial charge in [-0.3, -0.25) is 0 Å². The topological polar surface area (TPSA) is 85.4 Å². The van der Waals surface area contributed by atoms with Gasteiger partial charge < -0.3 is 15.6 Å². The van der Waals surface area contributed by atoms with Crippen molar-refractivity contribution in [3.05, 3.63) is 16.9 Å². The Morgan fingerprint density at radius 2 is 2.33 bits per heavy atom. The summed E-state index contributed by atoms with van der Waals surface area (Å²) in [5.74, 6) is -0.853. The summed E-state index contributed by atoms with van der Waals surface area (Å²) in [4.78, 5) is 14.3. The van der Waals surface area contributed by atoms with Crippen LogP contribution in [0.5, 0.6) is 5.75 Å². The Hall–Kier alpha value is -1.49. The van der Waals surface area contributed by atoms with E-state index in [0.717, 1.165) is 12.8 Å². The van der Waals surface area contributed by atoms with Gasteiger partial charge in [-0.25, -0.2) is 9.78 Å². The summed E-state index contributed by atoms with van der Waals surface area (Å²) >= 11 is 5.76. The highest BCUT2D eigenvalue weighted by molar-refractivity contribution is 6.31. The number of carboxylic acid groups (broad SMARTS) is 1. The quantitative estimate of drug-likeness (QED) is 0.767. The van der Waals surface area contributed by atoms with Gasteiger partial charge in [0.2, 0.25) is 0 Å². The first-order valence-corrected chi connectivity index (χ1v) is 4.81. The van der Waals surface area contributed by atoms with Crippen LogP contribution in [0, 0.1) is 0 Å². The van der Waals surface area contributed by atoms with E-state index in [4.69, 9.17) is 27.2 Å². The van der Waals surface area contributed by atoms with Crippen LogP contribution in [0.4, 0.5) is 5.69 Å². The van der Waals surface area contributed by atoms with Crippen molar-refractivity contribution < 1.29 is 14.6 Å². The summed E-state index contributed by atoms with van der Waals surface area (Å²) in [6, 6.07) is 1.40. The van der Waals surface area contributed by atoms with Crippen LogP contribution < -0.4 is 10.5 Å². The molecule has 3 N–H and O–H groups in total. The molecule has 1 saturated carbocycles. The van der Waals surface area contributed by atoms with Crippen molar-refractivity contribution in [2.45, 2.75) is 18.9 Å². The largest absolute Gasteiger partial charge is 0.487 e. The van der Waals surface area contributed by atoms with E-state index in [2.05, 4.69) is 4.98 Å². The van der Waals surface area contributed by atoms with E-state index in [0.29, 0.717) is 5.75 Å². The van der Waals surface area contributed by atoms with Crippen LogP contribution in [-0.2, 0) is 0 Å². The summed E-state index contributed by atoms with van der Waals surface area (Å²) in [6.07, 6.45) is 2.13. The molecule has 0 bridgehead atoms. The number of rotatable bonds is 3. The van der Waals surface area contributed by atoms with E-state index >= 15 is 0 Å². The lowest BCUT2D eigenvalue weighted by atomic mass is 10.3. The predicted molar refractivity (Wildman–Crippen MR) is 54.3 cm³/mol. The molecule has 1 aromatic heterocycles. The van der Waals surface area contributed by atoms with Gasteiger partial charge in [0.05, 0.1) is 11.8 Å². The molecule has 1 aliphatic rings. The SMILES string of the molecule is Nc1cc(OC2CC2)c(Cl)nc1C(=O)O. The molecule has 0 spiro atoms. The van der Waals surface area contributed by atoms with Crippen molar-refractivity contribution in [2.75, 3.05) is 5.73 Å². The van der Waals surface area contributed by atoms with Gasteiger partial charge in [0, 0.05) is 6.07 Å². The van der Waals surface area contributed by atoms with Crippen molar-refractivity contribution in [3.8, 4) is 5.75 Å². The molecule has 5 nitrogen and oxygen atoms in total. The third kappa shape index (κ3) is 2.12. The van der Waals surface area contributed by atoms with Crippen LogP contribution in [0.1, 0.15) is 23.3 Å². The minimum Gasteiger partial charge on any atom is -0.487 e. The number of hydrogen-bond donors (Lipinski definition) is 2. The number of anilines is 1. The molecule has 1 aromatic rings. The molecule has 0 atom stereocenters. The van der Waals surface area contributed by atoms with Crippen LogP contribution in [0.15, 0.2) is 6.07 Å². The van der Waals surface area contributed by atoms with Gasteiger partial charge in [-0.15, -0.1) is 0 Å². The summed E-state index contributed by atoms with van der Waals surface area (Å²) in [6.45, 7) is 0. The number of nitrogen functional groups attached to an aromatic ring is 1. The van der Waals surface area contributed by atoms with E-state index in [9.17, 15) is 4.79 Å². The normalized spacial score (nSPS) is 15.0. The number of ether oxygens (including phenoxy) is 1. The van der Waals surface area contributed by atoms with Gasteiger partial charge in [0.25, 0.3) is 0 Å². The zero-order valence-corrected chi connectivity index (χ0v) is 8.49. The zero-order valence-electron chi connectivity index (χ0n) is 7.74. The Balaban J connectivity index is 2.32. The Morgan fingerprint density at radius 3 is 2.87 bits per heavy atom. The molecule has 0 saturated heterocycles. The second-order valence-electron chi connectivity index (χ2n) is 3.34. The maximum Gasteiger partial charge on any atom is 0.356 e. The second-order valence-corrected chi connectivity index (χ2v) is 3.70. The fraction of sp³-hybridized carbons (Fsp3) is 0.333. The first-order chi connectivity index (χ1) is 7.08. The van der Waals surface area contributed by atoms with Crippen molar-refractivity contribution >= 4 is 23.3 Å². The standard InChI is InChI=1S/C9H9ClN2O3/c10-8-6(15-4-1-2-4)3-5(11)7(12-8)9(13)14/h3-4H,1-2,11H2,(H,13,14). The average molecular weight is 229 g/mol. The fourth-order valence-corrected chi connectivity index (χ4v) is 1.29. The van der Waals surface area contributed by atoms with E-state index < -0.39 is 5.97 Å². The van der Waals surface area contributed by atoms with Crippen molar-refractivity contribution in [1.29, 1.82) is 0 Å². The lowest BCUT2D eigenvalue weighted by Gasteiger charge is -2.08. The van der Waals surface area contributed by atoms with E-state index in [1.807, 2.05) is 0 Å². The third-order valence-corrected chi connectivity index (χ3v) is 2.26. The Morgan fingerprint density at radius 1 is 1.67 bits per heavy atom. The zero-order chi connectivity index (χ0) is 11.0. The number of pyridine rings is 1. The number of carboxylic acids is 1. The van der Waals surface area contributed by atoms with Crippen LogP contribution in [0.3, 0.4) is 0 Å². The minimum absolute atomic E-state index is 0.0356. The molecule has 0 unspecified atom stereocenters. The number of aromatic nitrogens is 1. The van der Waals surface area contributed by atoms with Crippen molar-refractivity contribution in [1.82, 2.24) is 4.98 Å². The molecule has 15 heavy (non-hydrogen) atoms. The summed E-state index contributed by atoms with van der Waals surface area (Å²) in [5.41, 5.74) is 5.32. The maximum atomic E-state index is 10.7. The van der Waals surface area contributed by atoms with Gasteiger partial charge in [0.15, 0.2) is 16.6 Å². The Bertz CT molecular complexity index is 418. The number of hydrogen-bond acceptors (Lipinski definition) is 4. The molecule has 1 fully saturated rings. The second kappa shape index (κ2) is 3.58. The Kier molecular flexibility index (Phi) is 2.40. The highest BCUT2D eigenvalue weighted by atomic mass is 35.5. The Labute approximate surface area is 90.8 Å². The van der Waals surface area contributed by atoms with Crippen molar-refractivity contribution in [3.63, 3.8) is 0 Å². The summed E-state index contributed by atoms with van der Waals surface area (Å²) < 4.78 is 5.40. The van der Waals surface area contributed by atoms with Crippen LogP contribution in [0.25, 0.3) is 0 Å². The van der Waals surface area contributed by atoms with Gasteiger partial charge in [-0.2, -0.15) is 0 Å². The minimum atomic E-state index is -1.20. The number of halogens is 1. The van der Waals surface area contributed by atoms with Gasteiger partial charge in [0.1, 0.15) is 0 Å². The number of nitrogens with two attached hydrogens (primary N) is 1. The lowest BCUT2D eigenvalue weighted by molar-refractivity contribution is 0.0691. The van der Waals surface area contributed by atoms with Gasteiger partial charge in [-0.05, 0) is 12.8 Å². The van der Waals surface area contributed by atoms with E-state index in [1.54, 1.807) is 0 Å². The molecule has 6 heteroatoms.